The number of carbonyl (C=O) groups excluding carboxylic acids is 1. The second kappa shape index (κ2) is 7.07. The topological polar surface area (TPSA) is 67.6 Å². The van der Waals surface area contributed by atoms with Crippen LogP contribution in [-0.2, 0) is 4.74 Å². The Morgan fingerprint density at radius 3 is 2.67 bits per heavy atom. The van der Waals surface area contributed by atoms with Crippen molar-refractivity contribution in [2.45, 2.75) is 0 Å². The van der Waals surface area contributed by atoms with Gasteiger partial charge in [0, 0.05) is 13.1 Å². The zero-order valence-electron chi connectivity index (χ0n) is 12.9. The van der Waals surface area contributed by atoms with E-state index in [0.717, 1.165) is 5.69 Å². The predicted molar refractivity (Wildman–Crippen MR) is 93.2 cm³/mol. The molecule has 24 heavy (non-hydrogen) atoms. The van der Waals surface area contributed by atoms with E-state index >= 15 is 0 Å². The quantitative estimate of drug-likeness (QED) is 0.835. The van der Waals surface area contributed by atoms with Gasteiger partial charge in [0.15, 0.2) is 0 Å². The summed E-state index contributed by atoms with van der Waals surface area (Å²) >= 11 is 6.18. The van der Waals surface area contributed by atoms with E-state index < -0.39 is 11.7 Å². The molecule has 1 aliphatic heterocycles. The van der Waals surface area contributed by atoms with E-state index in [2.05, 4.69) is 10.2 Å². The van der Waals surface area contributed by atoms with Crippen LogP contribution in [0, 0.1) is 5.82 Å². The van der Waals surface area contributed by atoms with Gasteiger partial charge in [-0.1, -0.05) is 23.7 Å². The van der Waals surface area contributed by atoms with Gasteiger partial charge in [-0.3, -0.25) is 4.79 Å². The van der Waals surface area contributed by atoms with Gasteiger partial charge < -0.3 is 20.7 Å². The average molecular weight is 350 g/mol. The summed E-state index contributed by atoms with van der Waals surface area (Å²) < 4.78 is 19.1. The molecule has 0 radical (unpaired) electrons. The first-order chi connectivity index (χ1) is 11.6. The number of nitrogens with one attached hydrogen (secondary N) is 1. The summed E-state index contributed by atoms with van der Waals surface area (Å²) in [5.41, 5.74) is 7.68. The minimum Gasteiger partial charge on any atom is -0.397 e. The number of nitrogens with two attached hydrogens (primary N) is 1. The second-order valence-electron chi connectivity index (χ2n) is 5.42. The third-order valence-electron chi connectivity index (χ3n) is 3.83. The number of carbonyl (C=O) groups is 1. The van der Waals surface area contributed by atoms with Crippen molar-refractivity contribution < 1.29 is 13.9 Å². The van der Waals surface area contributed by atoms with E-state index in [-0.39, 0.29) is 5.56 Å². The molecule has 1 aliphatic rings. The molecule has 0 unspecified atom stereocenters. The molecule has 3 rings (SSSR count). The third-order valence-corrected chi connectivity index (χ3v) is 4.15. The van der Waals surface area contributed by atoms with E-state index in [1.165, 1.54) is 18.2 Å². The van der Waals surface area contributed by atoms with Gasteiger partial charge in [-0.25, -0.2) is 4.39 Å². The maximum Gasteiger partial charge on any atom is 0.258 e. The maximum absolute atomic E-state index is 13.7. The Balaban J connectivity index is 1.87. The van der Waals surface area contributed by atoms with Crippen LogP contribution in [-0.4, -0.2) is 32.2 Å². The lowest BCUT2D eigenvalue weighted by Crippen LogP contribution is -2.36. The van der Waals surface area contributed by atoms with Crippen molar-refractivity contribution in [3.05, 3.63) is 52.8 Å². The van der Waals surface area contributed by atoms with Gasteiger partial charge in [0.1, 0.15) is 5.82 Å². The van der Waals surface area contributed by atoms with Crippen LogP contribution in [0.25, 0.3) is 0 Å². The first-order valence-corrected chi connectivity index (χ1v) is 7.91. The van der Waals surface area contributed by atoms with Crippen LogP contribution < -0.4 is 16.0 Å². The highest BCUT2D eigenvalue weighted by atomic mass is 35.5. The molecule has 126 valence electrons. The number of ether oxygens (including phenoxy) is 1. The van der Waals surface area contributed by atoms with Crippen LogP contribution in [0.5, 0.6) is 0 Å². The van der Waals surface area contributed by atoms with Gasteiger partial charge in [-0.15, -0.1) is 0 Å². The Hall–Kier alpha value is -2.31. The highest BCUT2D eigenvalue weighted by molar-refractivity contribution is 6.34. The molecule has 1 heterocycles. The highest BCUT2D eigenvalue weighted by Crippen LogP contribution is 2.34. The number of halogens is 2. The number of nitrogen functional groups attached to an aromatic ring is 1. The lowest BCUT2D eigenvalue weighted by atomic mass is 10.1. The summed E-state index contributed by atoms with van der Waals surface area (Å²) in [5.74, 6) is -1.15. The highest BCUT2D eigenvalue weighted by Gasteiger charge is 2.18. The van der Waals surface area contributed by atoms with Gasteiger partial charge in [-0.05, 0) is 24.3 Å². The SMILES string of the molecule is Nc1cc(Cl)c(NC(=O)c2ccccc2F)cc1N1CCOCC1. The third kappa shape index (κ3) is 3.44. The summed E-state index contributed by atoms with van der Waals surface area (Å²) in [6.45, 7) is 2.62. The normalized spacial score (nSPS) is 14.5. The number of nitrogens with zero attached hydrogens (tertiary/aromatic N) is 1. The van der Waals surface area contributed by atoms with Gasteiger partial charge in [-0.2, -0.15) is 0 Å². The molecule has 2 aromatic carbocycles. The Kier molecular flexibility index (Phi) is 4.87. The second-order valence-corrected chi connectivity index (χ2v) is 5.83. The number of benzene rings is 2. The van der Waals surface area contributed by atoms with Crippen LogP contribution in [0.15, 0.2) is 36.4 Å². The summed E-state index contributed by atoms with van der Waals surface area (Å²) in [7, 11) is 0. The van der Waals surface area contributed by atoms with Crippen LogP contribution in [0.3, 0.4) is 0 Å². The fourth-order valence-electron chi connectivity index (χ4n) is 2.59. The van der Waals surface area contributed by atoms with Crippen molar-refractivity contribution in [3.63, 3.8) is 0 Å². The molecule has 7 heteroatoms. The van der Waals surface area contributed by atoms with Crippen LogP contribution >= 0.6 is 11.6 Å². The van der Waals surface area contributed by atoms with E-state index in [1.54, 1.807) is 18.2 Å². The molecular formula is C17H17ClFN3O2. The van der Waals surface area contributed by atoms with E-state index in [0.29, 0.717) is 42.7 Å². The fourth-order valence-corrected chi connectivity index (χ4v) is 2.81. The summed E-state index contributed by atoms with van der Waals surface area (Å²) in [4.78, 5) is 14.3. The zero-order valence-corrected chi connectivity index (χ0v) is 13.6. The molecule has 0 saturated carbocycles. The van der Waals surface area contributed by atoms with Crippen molar-refractivity contribution in [2.75, 3.05) is 42.3 Å². The fraction of sp³-hybridized carbons (Fsp3) is 0.235. The van der Waals surface area contributed by atoms with Crippen molar-refractivity contribution in [3.8, 4) is 0 Å². The molecule has 1 saturated heterocycles. The molecule has 0 atom stereocenters. The summed E-state index contributed by atoms with van der Waals surface area (Å²) in [5, 5.41) is 2.95. The Morgan fingerprint density at radius 2 is 1.96 bits per heavy atom. The molecule has 1 amide bonds. The zero-order chi connectivity index (χ0) is 17.1. The van der Waals surface area contributed by atoms with Gasteiger partial charge in [0.05, 0.1) is 40.9 Å². The van der Waals surface area contributed by atoms with Crippen LogP contribution in [0.1, 0.15) is 10.4 Å². The van der Waals surface area contributed by atoms with E-state index in [4.69, 9.17) is 22.1 Å². The molecule has 2 aromatic rings. The van der Waals surface area contributed by atoms with Crippen molar-refractivity contribution in [1.29, 1.82) is 0 Å². The largest absolute Gasteiger partial charge is 0.397 e. The standard InChI is InChI=1S/C17H17ClFN3O2/c18-12-9-14(20)16(22-5-7-24-8-6-22)10-15(12)21-17(23)11-3-1-2-4-13(11)19/h1-4,9-10H,5-8,20H2,(H,21,23). The summed E-state index contributed by atoms with van der Waals surface area (Å²) in [6, 6.07) is 9.07. The number of rotatable bonds is 3. The van der Waals surface area contributed by atoms with Gasteiger partial charge >= 0.3 is 0 Å². The van der Waals surface area contributed by atoms with E-state index in [9.17, 15) is 9.18 Å². The first kappa shape index (κ1) is 16.5. The number of hydrogen-bond acceptors (Lipinski definition) is 4. The smallest absolute Gasteiger partial charge is 0.258 e. The number of hydrogen-bond donors (Lipinski definition) is 2. The minimum atomic E-state index is -0.588. The number of amides is 1. The Bertz CT molecular complexity index is 763. The molecule has 3 N–H and O–H groups in total. The van der Waals surface area contributed by atoms with Gasteiger partial charge in [0.2, 0.25) is 0 Å². The monoisotopic (exact) mass is 349 g/mol. The first-order valence-electron chi connectivity index (χ1n) is 7.54. The number of morpholine rings is 1. The van der Waals surface area contributed by atoms with Crippen LogP contribution in [0.4, 0.5) is 21.5 Å². The molecule has 0 aliphatic carbocycles. The van der Waals surface area contributed by atoms with Gasteiger partial charge in [0.25, 0.3) is 5.91 Å². The van der Waals surface area contributed by atoms with Crippen LogP contribution in [0.2, 0.25) is 5.02 Å². The van der Waals surface area contributed by atoms with Crippen molar-refractivity contribution >= 4 is 34.6 Å². The molecule has 5 nitrogen and oxygen atoms in total. The summed E-state index contributed by atoms with van der Waals surface area (Å²) in [6.07, 6.45) is 0. The van der Waals surface area contributed by atoms with E-state index in [1.807, 2.05) is 0 Å². The van der Waals surface area contributed by atoms with Crippen molar-refractivity contribution in [2.24, 2.45) is 0 Å². The predicted octanol–water partition coefficient (Wildman–Crippen LogP) is 3.15. The molecule has 1 fully saturated rings. The number of anilines is 3. The molecule has 0 aromatic heterocycles. The Morgan fingerprint density at radius 1 is 1.25 bits per heavy atom. The average Bonchev–Trinajstić information content (AvgIpc) is 2.58. The molecule has 0 bridgehead atoms. The maximum atomic E-state index is 13.7. The molecular weight excluding hydrogens is 333 g/mol. The Labute approximate surface area is 144 Å². The lowest BCUT2D eigenvalue weighted by molar-refractivity contribution is 0.102. The minimum absolute atomic E-state index is 0.0432. The lowest BCUT2D eigenvalue weighted by Gasteiger charge is -2.30. The van der Waals surface area contributed by atoms with Crippen molar-refractivity contribution in [1.82, 2.24) is 0 Å². The molecule has 0 spiro atoms.